The van der Waals surface area contributed by atoms with Crippen LogP contribution in [0.5, 0.6) is 0 Å². The zero-order valence-corrected chi connectivity index (χ0v) is 10.1. The molecular formula is C10H20O2Si. The Morgan fingerprint density at radius 3 is 2.15 bits per heavy atom. The van der Waals surface area contributed by atoms with Gasteiger partial charge in [-0.1, -0.05) is 19.3 Å². The molecule has 0 aliphatic carbocycles. The van der Waals surface area contributed by atoms with Gasteiger partial charge in [-0.2, -0.15) is 0 Å². The molecular weight excluding hydrogens is 180 g/mol. The average Bonchev–Trinajstić information content (AvgIpc) is 2.03. The fourth-order valence-corrected chi connectivity index (χ4v) is 4.57. The lowest BCUT2D eigenvalue weighted by molar-refractivity contribution is 0.0707. The minimum absolute atomic E-state index is 0.146. The Morgan fingerprint density at radius 2 is 1.69 bits per heavy atom. The van der Waals surface area contributed by atoms with E-state index in [9.17, 15) is 4.79 Å². The molecule has 0 N–H and O–H groups in total. The third-order valence-corrected chi connectivity index (χ3v) is 5.34. The van der Waals surface area contributed by atoms with Crippen molar-refractivity contribution >= 4 is 14.4 Å². The predicted molar refractivity (Wildman–Crippen MR) is 56.8 cm³/mol. The molecule has 0 radical (unpaired) electrons. The fourth-order valence-electron chi connectivity index (χ4n) is 1.72. The lowest BCUT2D eigenvalue weighted by Gasteiger charge is -2.25. The molecule has 0 spiro atoms. The first-order chi connectivity index (χ1) is 5.99. The van der Waals surface area contributed by atoms with E-state index in [-0.39, 0.29) is 11.2 Å². The summed E-state index contributed by atoms with van der Waals surface area (Å²) in [6.07, 6.45) is 3.80. The molecule has 3 heteroatoms. The molecule has 0 atom stereocenters. The van der Waals surface area contributed by atoms with Gasteiger partial charge in [0.25, 0.3) is 5.59 Å². The van der Waals surface area contributed by atoms with Gasteiger partial charge in [-0.15, -0.1) is 0 Å². The lowest BCUT2D eigenvalue weighted by atomic mass is 10.2. The van der Waals surface area contributed by atoms with Gasteiger partial charge in [0, 0.05) is 0 Å². The van der Waals surface area contributed by atoms with Crippen LogP contribution in [-0.4, -0.2) is 20.0 Å². The minimum Gasteiger partial charge on any atom is -0.465 e. The van der Waals surface area contributed by atoms with Crippen molar-refractivity contribution in [3.8, 4) is 0 Å². The van der Waals surface area contributed by atoms with E-state index in [1.807, 2.05) is 20.8 Å². The van der Waals surface area contributed by atoms with E-state index in [0.717, 1.165) is 12.1 Å². The Kier molecular flexibility index (Phi) is 3.53. The van der Waals surface area contributed by atoms with E-state index >= 15 is 0 Å². The number of carbonyl (C=O) groups excluding carboxylic acids is 1. The fraction of sp³-hybridized carbons (Fsp3) is 0.900. The molecule has 13 heavy (non-hydrogen) atoms. The van der Waals surface area contributed by atoms with Crippen LogP contribution < -0.4 is 0 Å². The topological polar surface area (TPSA) is 26.3 Å². The van der Waals surface area contributed by atoms with Crippen molar-refractivity contribution in [2.75, 3.05) is 0 Å². The molecule has 1 heterocycles. The van der Waals surface area contributed by atoms with Gasteiger partial charge in [-0.05, 0) is 32.9 Å². The van der Waals surface area contributed by atoms with Crippen molar-refractivity contribution in [3.05, 3.63) is 0 Å². The van der Waals surface area contributed by atoms with E-state index in [1.54, 1.807) is 0 Å². The van der Waals surface area contributed by atoms with Crippen LogP contribution in [0.1, 0.15) is 40.0 Å². The Hall–Kier alpha value is -0.313. The van der Waals surface area contributed by atoms with Crippen LogP contribution in [0.4, 0.5) is 4.79 Å². The molecule has 1 rings (SSSR count). The Labute approximate surface area is 82.3 Å². The van der Waals surface area contributed by atoms with Gasteiger partial charge in [0.05, 0.1) is 0 Å². The summed E-state index contributed by atoms with van der Waals surface area (Å²) in [6, 6.07) is 2.32. The van der Waals surface area contributed by atoms with Crippen LogP contribution in [0, 0.1) is 0 Å². The molecule has 1 aliphatic heterocycles. The molecule has 0 saturated carbocycles. The van der Waals surface area contributed by atoms with Gasteiger partial charge in [-0.25, -0.2) is 0 Å². The largest absolute Gasteiger partial charge is 0.465 e. The third-order valence-electron chi connectivity index (χ3n) is 2.35. The summed E-state index contributed by atoms with van der Waals surface area (Å²) in [5, 5.41) is 0. The standard InChI is InChI=1S/C10H20O2Si/c1-10(2,3)12-9(11)13-7-5-4-6-8-13/h13H,4-8H2,1-3H3. The summed E-state index contributed by atoms with van der Waals surface area (Å²) in [7, 11) is -1.18. The van der Waals surface area contributed by atoms with E-state index in [4.69, 9.17) is 4.74 Å². The second-order valence-corrected chi connectivity index (χ2v) is 7.89. The first-order valence-electron chi connectivity index (χ1n) is 5.22. The summed E-state index contributed by atoms with van der Waals surface area (Å²) >= 11 is 0. The Balaban J connectivity index is 2.38. The smallest absolute Gasteiger partial charge is 0.268 e. The van der Waals surface area contributed by atoms with Crippen LogP contribution in [0.15, 0.2) is 0 Å². The maximum atomic E-state index is 11.7. The van der Waals surface area contributed by atoms with Crippen molar-refractivity contribution < 1.29 is 9.53 Å². The highest BCUT2D eigenvalue weighted by atomic mass is 28.3. The van der Waals surface area contributed by atoms with E-state index < -0.39 is 8.80 Å². The SMILES string of the molecule is CC(C)(C)OC(=O)[SiH]1CCCCC1. The summed E-state index contributed by atoms with van der Waals surface area (Å²) < 4.78 is 5.40. The van der Waals surface area contributed by atoms with Crippen molar-refractivity contribution in [2.24, 2.45) is 0 Å². The third kappa shape index (κ3) is 3.94. The number of hydrogen-bond acceptors (Lipinski definition) is 2. The molecule has 1 fully saturated rings. The predicted octanol–water partition coefficient (Wildman–Crippen LogP) is 2.91. The van der Waals surface area contributed by atoms with E-state index in [1.165, 1.54) is 19.3 Å². The maximum Gasteiger partial charge on any atom is 0.268 e. The number of hydrogen-bond donors (Lipinski definition) is 0. The zero-order valence-electron chi connectivity index (χ0n) is 8.93. The summed E-state index contributed by atoms with van der Waals surface area (Å²) in [4.78, 5) is 11.7. The molecule has 0 unspecified atom stereocenters. The van der Waals surface area contributed by atoms with Gasteiger partial charge in [0.15, 0.2) is 8.80 Å². The van der Waals surface area contributed by atoms with Gasteiger partial charge in [-0.3, -0.25) is 4.79 Å². The molecule has 0 bridgehead atoms. The highest BCUT2D eigenvalue weighted by molar-refractivity contribution is 6.88. The van der Waals surface area contributed by atoms with Crippen LogP contribution in [0.2, 0.25) is 12.1 Å². The zero-order chi connectivity index (χ0) is 9.90. The van der Waals surface area contributed by atoms with Crippen molar-refractivity contribution in [1.29, 1.82) is 0 Å². The Morgan fingerprint density at radius 1 is 1.15 bits per heavy atom. The summed E-state index contributed by atoms with van der Waals surface area (Å²) in [5.74, 6) is 0. The Bertz CT molecular complexity index is 178. The lowest BCUT2D eigenvalue weighted by Crippen LogP contribution is -2.34. The monoisotopic (exact) mass is 200 g/mol. The number of ether oxygens (including phenoxy) is 1. The quantitative estimate of drug-likeness (QED) is 0.608. The number of rotatable bonds is 1. The van der Waals surface area contributed by atoms with E-state index in [0.29, 0.717) is 0 Å². The van der Waals surface area contributed by atoms with Crippen molar-refractivity contribution in [1.82, 2.24) is 0 Å². The summed E-state index contributed by atoms with van der Waals surface area (Å²) in [6.45, 7) is 5.84. The molecule has 0 aromatic heterocycles. The van der Waals surface area contributed by atoms with Crippen molar-refractivity contribution in [3.63, 3.8) is 0 Å². The van der Waals surface area contributed by atoms with Gasteiger partial charge in [0.2, 0.25) is 0 Å². The normalized spacial score (nSPS) is 19.9. The summed E-state index contributed by atoms with van der Waals surface area (Å²) in [5.41, 5.74) is -0.145. The highest BCUT2D eigenvalue weighted by Crippen LogP contribution is 2.21. The van der Waals surface area contributed by atoms with Crippen LogP contribution in [-0.2, 0) is 4.74 Å². The number of carbonyl (C=O) groups is 1. The molecule has 0 aromatic carbocycles. The second-order valence-electron chi connectivity index (χ2n) is 4.87. The van der Waals surface area contributed by atoms with Crippen LogP contribution >= 0.6 is 0 Å². The van der Waals surface area contributed by atoms with E-state index in [2.05, 4.69) is 0 Å². The first kappa shape index (κ1) is 10.8. The average molecular weight is 200 g/mol. The highest BCUT2D eigenvalue weighted by Gasteiger charge is 2.27. The molecule has 76 valence electrons. The van der Waals surface area contributed by atoms with Crippen LogP contribution in [0.25, 0.3) is 0 Å². The minimum atomic E-state index is -1.18. The maximum absolute atomic E-state index is 11.7. The molecule has 2 nitrogen and oxygen atoms in total. The van der Waals surface area contributed by atoms with Crippen LogP contribution in [0.3, 0.4) is 0 Å². The molecule has 1 saturated heterocycles. The second kappa shape index (κ2) is 4.27. The molecule has 0 aromatic rings. The van der Waals surface area contributed by atoms with Gasteiger partial charge >= 0.3 is 0 Å². The van der Waals surface area contributed by atoms with Gasteiger partial charge < -0.3 is 4.74 Å². The first-order valence-corrected chi connectivity index (χ1v) is 7.43. The van der Waals surface area contributed by atoms with Gasteiger partial charge in [0.1, 0.15) is 5.60 Å². The molecule has 0 amide bonds. The van der Waals surface area contributed by atoms with Crippen molar-refractivity contribution in [2.45, 2.75) is 57.7 Å². The molecule has 1 aliphatic rings.